The van der Waals surface area contributed by atoms with Crippen LogP contribution in [0.25, 0.3) is 0 Å². The van der Waals surface area contributed by atoms with Gasteiger partial charge in [-0.1, -0.05) is 84.4 Å². The molecule has 0 aliphatic carbocycles. The van der Waals surface area contributed by atoms with Crippen LogP contribution in [0.4, 0.5) is 10.5 Å². The lowest BCUT2D eigenvalue weighted by atomic mass is 9.96. The molecule has 2 amide bonds. The molecule has 1 heterocycles. The molecule has 3 aromatic rings. The fraction of sp³-hybridized carbons (Fsp3) is 0.208. The minimum Gasteiger partial charge on any atom is -0.322 e. The lowest BCUT2D eigenvalue weighted by molar-refractivity contribution is -0.929. The highest BCUT2D eigenvalue weighted by Gasteiger charge is 2.31. The summed E-state index contributed by atoms with van der Waals surface area (Å²) in [7, 11) is 0. The van der Waals surface area contributed by atoms with Crippen molar-refractivity contribution in [3.63, 3.8) is 0 Å². The molecule has 0 spiro atoms. The number of nitrogens with zero attached hydrogens (tertiary/aromatic N) is 1. The van der Waals surface area contributed by atoms with E-state index < -0.39 is 0 Å². The van der Waals surface area contributed by atoms with Gasteiger partial charge in [-0.3, -0.25) is 0 Å². The van der Waals surface area contributed by atoms with Crippen molar-refractivity contribution in [2.24, 2.45) is 0 Å². The van der Waals surface area contributed by atoms with Crippen LogP contribution in [0.2, 0.25) is 5.02 Å². The van der Waals surface area contributed by atoms with E-state index >= 15 is 0 Å². The number of urea groups is 1. The third-order valence-corrected chi connectivity index (χ3v) is 5.81. The highest BCUT2D eigenvalue weighted by atomic mass is 35.5. The standard InChI is InChI=1S/C24H24ClN3O/c25-21-13-7-8-14-22(21)26-24(29)28-17-15-27(16-18-28)23(19-9-3-1-4-10-19)20-11-5-2-6-12-20/h1-14,23H,15-18H2,(H,26,29)/p+1. The van der Waals surface area contributed by atoms with Gasteiger partial charge in [0.25, 0.3) is 0 Å². The van der Waals surface area contributed by atoms with Crippen molar-refractivity contribution in [3.8, 4) is 0 Å². The van der Waals surface area contributed by atoms with Gasteiger partial charge < -0.3 is 15.1 Å². The molecule has 4 rings (SSSR count). The van der Waals surface area contributed by atoms with E-state index in [9.17, 15) is 4.79 Å². The van der Waals surface area contributed by atoms with Crippen LogP contribution < -0.4 is 10.2 Å². The van der Waals surface area contributed by atoms with Crippen LogP contribution in [0, 0.1) is 0 Å². The van der Waals surface area contributed by atoms with Gasteiger partial charge in [0.1, 0.15) is 6.04 Å². The van der Waals surface area contributed by atoms with E-state index in [2.05, 4.69) is 66.0 Å². The second kappa shape index (κ2) is 9.12. The Labute approximate surface area is 176 Å². The lowest BCUT2D eigenvalue weighted by Gasteiger charge is -2.37. The first-order valence-corrected chi connectivity index (χ1v) is 10.3. The van der Waals surface area contributed by atoms with Gasteiger partial charge in [-0.2, -0.15) is 0 Å². The van der Waals surface area contributed by atoms with Crippen molar-refractivity contribution < 1.29 is 9.69 Å². The molecule has 29 heavy (non-hydrogen) atoms. The fourth-order valence-electron chi connectivity index (χ4n) is 4.00. The van der Waals surface area contributed by atoms with Crippen LogP contribution in [-0.4, -0.2) is 37.1 Å². The zero-order valence-corrected chi connectivity index (χ0v) is 17.0. The van der Waals surface area contributed by atoms with Gasteiger partial charge in [-0.05, 0) is 12.1 Å². The van der Waals surface area contributed by atoms with E-state index in [1.54, 1.807) is 6.07 Å². The first-order valence-electron chi connectivity index (χ1n) is 9.97. The van der Waals surface area contributed by atoms with Crippen LogP contribution in [0.15, 0.2) is 84.9 Å². The minimum atomic E-state index is -0.0897. The third-order valence-electron chi connectivity index (χ3n) is 5.48. The zero-order chi connectivity index (χ0) is 20.1. The molecule has 1 saturated heterocycles. The maximum Gasteiger partial charge on any atom is 0.322 e. The molecule has 3 aromatic carbocycles. The molecule has 0 saturated carbocycles. The first-order chi connectivity index (χ1) is 14.2. The van der Waals surface area contributed by atoms with Gasteiger partial charge in [0, 0.05) is 11.1 Å². The van der Waals surface area contributed by atoms with Crippen molar-refractivity contribution >= 4 is 23.3 Å². The molecule has 0 atom stereocenters. The predicted octanol–water partition coefficient (Wildman–Crippen LogP) is 3.86. The predicted molar refractivity (Wildman–Crippen MR) is 117 cm³/mol. The average Bonchev–Trinajstić information content (AvgIpc) is 2.77. The lowest BCUT2D eigenvalue weighted by Crippen LogP contribution is -3.15. The summed E-state index contributed by atoms with van der Waals surface area (Å²) in [5, 5.41) is 3.49. The number of halogens is 1. The summed E-state index contributed by atoms with van der Waals surface area (Å²) in [5.74, 6) is 0. The van der Waals surface area contributed by atoms with E-state index in [4.69, 9.17) is 11.6 Å². The molecule has 0 aromatic heterocycles. The number of hydrogen-bond donors (Lipinski definition) is 2. The maximum absolute atomic E-state index is 12.7. The Balaban J connectivity index is 1.46. The van der Waals surface area contributed by atoms with E-state index in [1.807, 2.05) is 23.1 Å². The number of benzene rings is 3. The number of hydrogen-bond acceptors (Lipinski definition) is 1. The topological polar surface area (TPSA) is 36.8 Å². The van der Waals surface area contributed by atoms with Gasteiger partial charge in [0.05, 0.1) is 36.9 Å². The Hall–Kier alpha value is -2.82. The second-order valence-electron chi connectivity index (χ2n) is 7.31. The number of anilines is 1. The van der Waals surface area contributed by atoms with Gasteiger partial charge in [0.2, 0.25) is 0 Å². The normalized spacial score (nSPS) is 14.8. The van der Waals surface area contributed by atoms with Crippen molar-refractivity contribution in [2.75, 3.05) is 31.5 Å². The van der Waals surface area contributed by atoms with E-state index in [0.29, 0.717) is 23.8 Å². The molecule has 4 nitrogen and oxygen atoms in total. The first kappa shape index (κ1) is 19.5. The van der Waals surface area contributed by atoms with Gasteiger partial charge in [0.15, 0.2) is 0 Å². The molecular weight excluding hydrogens is 382 g/mol. The SMILES string of the molecule is O=C(Nc1ccccc1Cl)N1CC[NH+](C(c2ccccc2)c2ccccc2)CC1. The molecule has 0 radical (unpaired) electrons. The largest absolute Gasteiger partial charge is 0.322 e. The van der Waals surface area contributed by atoms with Crippen LogP contribution in [0.3, 0.4) is 0 Å². The van der Waals surface area contributed by atoms with Gasteiger partial charge >= 0.3 is 6.03 Å². The summed E-state index contributed by atoms with van der Waals surface area (Å²) in [6, 6.07) is 28.8. The number of para-hydroxylation sites is 1. The molecule has 2 N–H and O–H groups in total. The highest BCUT2D eigenvalue weighted by Crippen LogP contribution is 2.21. The summed E-state index contributed by atoms with van der Waals surface area (Å²) < 4.78 is 0. The van der Waals surface area contributed by atoms with Gasteiger partial charge in [-0.15, -0.1) is 0 Å². The van der Waals surface area contributed by atoms with Crippen molar-refractivity contribution in [2.45, 2.75) is 6.04 Å². The van der Waals surface area contributed by atoms with Crippen molar-refractivity contribution in [1.29, 1.82) is 0 Å². The summed E-state index contributed by atoms with van der Waals surface area (Å²) in [5.41, 5.74) is 3.27. The molecule has 148 valence electrons. The molecule has 1 fully saturated rings. The van der Waals surface area contributed by atoms with Crippen molar-refractivity contribution in [1.82, 2.24) is 4.90 Å². The fourth-order valence-corrected chi connectivity index (χ4v) is 4.18. The third kappa shape index (κ3) is 4.61. The number of quaternary nitrogens is 1. The van der Waals surface area contributed by atoms with E-state index in [0.717, 1.165) is 13.1 Å². The average molecular weight is 407 g/mol. The second-order valence-corrected chi connectivity index (χ2v) is 7.72. The van der Waals surface area contributed by atoms with Crippen LogP contribution in [-0.2, 0) is 0 Å². The van der Waals surface area contributed by atoms with Crippen LogP contribution in [0.5, 0.6) is 0 Å². The Morgan fingerprint density at radius 1 is 0.828 bits per heavy atom. The number of carbonyl (C=O) groups is 1. The number of amides is 2. The summed E-state index contributed by atoms with van der Waals surface area (Å²) >= 11 is 6.17. The van der Waals surface area contributed by atoms with Crippen LogP contribution >= 0.6 is 11.6 Å². The van der Waals surface area contributed by atoms with E-state index in [-0.39, 0.29) is 12.1 Å². The summed E-state index contributed by atoms with van der Waals surface area (Å²) in [6.45, 7) is 3.21. The Bertz CT molecular complexity index is 901. The molecule has 1 aliphatic rings. The summed E-state index contributed by atoms with van der Waals surface area (Å²) in [6.07, 6.45) is 0. The Kier molecular flexibility index (Phi) is 6.13. The monoisotopic (exact) mass is 406 g/mol. The zero-order valence-electron chi connectivity index (χ0n) is 16.2. The van der Waals surface area contributed by atoms with Crippen LogP contribution in [0.1, 0.15) is 17.2 Å². The number of piperazine rings is 1. The molecule has 1 aliphatic heterocycles. The molecular formula is C24H25ClN3O+. The number of nitrogens with one attached hydrogen (secondary N) is 2. The highest BCUT2D eigenvalue weighted by molar-refractivity contribution is 6.33. The Morgan fingerprint density at radius 3 is 1.90 bits per heavy atom. The summed E-state index contributed by atoms with van der Waals surface area (Å²) in [4.78, 5) is 16.0. The molecule has 0 bridgehead atoms. The molecule has 5 heteroatoms. The molecule has 0 unspecified atom stereocenters. The number of carbonyl (C=O) groups excluding carboxylic acids is 1. The maximum atomic E-state index is 12.7. The van der Waals surface area contributed by atoms with Gasteiger partial charge in [-0.25, -0.2) is 4.79 Å². The van der Waals surface area contributed by atoms with Crippen molar-refractivity contribution in [3.05, 3.63) is 101 Å². The van der Waals surface area contributed by atoms with E-state index in [1.165, 1.54) is 16.0 Å². The Morgan fingerprint density at radius 2 is 1.34 bits per heavy atom. The smallest absolute Gasteiger partial charge is 0.322 e. The number of rotatable bonds is 4. The quantitative estimate of drug-likeness (QED) is 0.678. The minimum absolute atomic E-state index is 0.0897.